The molecule has 148 valence electrons. The molecule has 1 saturated carbocycles. The molecule has 2 saturated heterocycles. The molecule has 1 aromatic heterocycles. The molecule has 2 aliphatic heterocycles. The van der Waals surface area contributed by atoms with E-state index in [0.717, 1.165) is 37.8 Å². The van der Waals surface area contributed by atoms with Gasteiger partial charge in [-0.05, 0) is 56.7 Å². The molecule has 27 heavy (non-hydrogen) atoms. The fourth-order valence-corrected chi connectivity index (χ4v) is 4.80. The third-order valence-corrected chi connectivity index (χ3v) is 6.25. The van der Waals surface area contributed by atoms with Crippen molar-refractivity contribution in [3.63, 3.8) is 0 Å². The number of anilines is 3. The van der Waals surface area contributed by atoms with E-state index < -0.39 is 0 Å². The zero-order valence-electron chi connectivity index (χ0n) is 16.4. The highest BCUT2D eigenvalue weighted by molar-refractivity contribution is 7.80. The molecule has 0 bridgehead atoms. The molecule has 1 aliphatic carbocycles. The Morgan fingerprint density at radius 3 is 2.33 bits per heavy atom. The van der Waals surface area contributed by atoms with Crippen LogP contribution in [0.4, 0.5) is 17.6 Å². The summed E-state index contributed by atoms with van der Waals surface area (Å²) in [5.41, 5.74) is 0. The zero-order valence-corrected chi connectivity index (χ0v) is 17.2. The smallest absolute Gasteiger partial charge is 0.232 e. The van der Waals surface area contributed by atoms with Crippen LogP contribution in [-0.2, 0) is 0 Å². The van der Waals surface area contributed by atoms with Crippen molar-refractivity contribution in [2.24, 2.45) is 5.92 Å². The van der Waals surface area contributed by atoms with Gasteiger partial charge in [0.2, 0.25) is 5.95 Å². The van der Waals surface area contributed by atoms with E-state index in [1.54, 1.807) is 0 Å². The quantitative estimate of drug-likeness (QED) is 0.765. The molecule has 0 spiro atoms. The van der Waals surface area contributed by atoms with Crippen LogP contribution in [0.2, 0.25) is 0 Å². The number of nitrogens with zero attached hydrogens (tertiary/aromatic N) is 4. The Hall–Kier alpha value is -1.63. The van der Waals surface area contributed by atoms with Gasteiger partial charge in [0.05, 0.1) is 0 Å². The van der Waals surface area contributed by atoms with Gasteiger partial charge in [-0.3, -0.25) is 0 Å². The normalized spacial score (nSPS) is 23.7. The summed E-state index contributed by atoms with van der Waals surface area (Å²) in [6.07, 6.45) is 10.0. The van der Waals surface area contributed by atoms with Gasteiger partial charge < -0.3 is 20.4 Å². The van der Waals surface area contributed by atoms with Crippen LogP contribution in [0.3, 0.4) is 0 Å². The minimum atomic E-state index is 0.495. The Kier molecular flexibility index (Phi) is 5.95. The van der Waals surface area contributed by atoms with Gasteiger partial charge in [-0.1, -0.05) is 19.8 Å². The summed E-state index contributed by atoms with van der Waals surface area (Å²) in [6, 6.07) is 2.66. The lowest BCUT2D eigenvalue weighted by Crippen LogP contribution is -2.37. The lowest BCUT2D eigenvalue weighted by molar-refractivity contribution is 0.444. The Balaban J connectivity index is 1.52. The van der Waals surface area contributed by atoms with Crippen molar-refractivity contribution >= 4 is 34.9 Å². The third-order valence-electron chi connectivity index (χ3n) is 6.03. The number of piperidine rings is 1. The molecule has 3 heterocycles. The van der Waals surface area contributed by atoms with Gasteiger partial charge in [-0.2, -0.15) is 9.97 Å². The Bertz CT molecular complexity index is 654. The maximum absolute atomic E-state index is 5.54. The van der Waals surface area contributed by atoms with E-state index in [9.17, 15) is 0 Å². The van der Waals surface area contributed by atoms with Crippen LogP contribution in [0, 0.1) is 5.92 Å². The van der Waals surface area contributed by atoms with Crippen molar-refractivity contribution in [3.8, 4) is 0 Å². The molecule has 2 N–H and O–H groups in total. The van der Waals surface area contributed by atoms with Crippen molar-refractivity contribution in [2.45, 2.75) is 64.3 Å². The van der Waals surface area contributed by atoms with Gasteiger partial charge >= 0.3 is 0 Å². The van der Waals surface area contributed by atoms with Crippen molar-refractivity contribution < 1.29 is 0 Å². The summed E-state index contributed by atoms with van der Waals surface area (Å²) in [5.74, 6) is 3.40. The Morgan fingerprint density at radius 1 is 0.963 bits per heavy atom. The van der Waals surface area contributed by atoms with Crippen molar-refractivity contribution in [1.82, 2.24) is 15.3 Å². The highest BCUT2D eigenvalue weighted by atomic mass is 32.1. The van der Waals surface area contributed by atoms with Gasteiger partial charge in [0.1, 0.15) is 11.6 Å². The minimum Gasteiger partial charge on any atom is -0.360 e. The highest BCUT2D eigenvalue weighted by Crippen LogP contribution is 2.27. The van der Waals surface area contributed by atoms with Gasteiger partial charge in [0.15, 0.2) is 5.11 Å². The summed E-state index contributed by atoms with van der Waals surface area (Å²) < 4.78 is 0. The molecule has 0 unspecified atom stereocenters. The zero-order chi connectivity index (χ0) is 18.6. The second-order valence-electron chi connectivity index (χ2n) is 8.38. The first-order valence-electron chi connectivity index (χ1n) is 10.6. The molecule has 0 aromatic carbocycles. The molecule has 3 aliphatic rings. The second-order valence-corrected chi connectivity index (χ2v) is 8.78. The first kappa shape index (κ1) is 18.7. The van der Waals surface area contributed by atoms with Crippen LogP contribution in [0.15, 0.2) is 6.07 Å². The largest absolute Gasteiger partial charge is 0.360 e. The fraction of sp³-hybridized carbons (Fsp3) is 0.750. The number of rotatable bonds is 4. The fourth-order valence-electron chi connectivity index (χ4n) is 4.54. The van der Waals surface area contributed by atoms with E-state index in [2.05, 4.69) is 33.4 Å². The summed E-state index contributed by atoms with van der Waals surface area (Å²) in [7, 11) is 0. The van der Waals surface area contributed by atoms with Crippen LogP contribution in [-0.4, -0.2) is 47.3 Å². The molecule has 0 amide bonds. The van der Waals surface area contributed by atoms with Crippen LogP contribution in [0.1, 0.15) is 58.3 Å². The van der Waals surface area contributed by atoms with E-state index >= 15 is 0 Å². The highest BCUT2D eigenvalue weighted by Gasteiger charge is 2.22. The van der Waals surface area contributed by atoms with Crippen LogP contribution in [0.5, 0.6) is 0 Å². The lowest BCUT2D eigenvalue weighted by atomic mass is 10.0. The third kappa shape index (κ3) is 4.81. The minimum absolute atomic E-state index is 0.495. The number of aromatic nitrogens is 2. The topological polar surface area (TPSA) is 56.3 Å². The molecule has 4 rings (SSSR count). The van der Waals surface area contributed by atoms with Crippen LogP contribution in [0.25, 0.3) is 0 Å². The first-order chi connectivity index (χ1) is 13.2. The average molecular weight is 389 g/mol. The molecule has 0 radical (unpaired) electrons. The SMILES string of the molecule is C[C@H]1CCCN(c2cc(N3CCCC3)nc(NC(=S)NC3CCCC3)n2)C1. The number of hydrogen-bond acceptors (Lipinski definition) is 5. The molecule has 1 atom stereocenters. The Labute approximate surface area is 168 Å². The van der Waals surface area contributed by atoms with Gasteiger partial charge in [-0.25, -0.2) is 0 Å². The first-order valence-corrected chi connectivity index (χ1v) is 11.0. The second kappa shape index (κ2) is 8.59. The summed E-state index contributed by atoms with van der Waals surface area (Å²) in [6.45, 7) is 6.63. The number of nitrogens with one attached hydrogen (secondary N) is 2. The molecule has 6 nitrogen and oxygen atoms in total. The van der Waals surface area contributed by atoms with E-state index in [0.29, 0.717) is 23.0 Å². The van der Waals surface area contributed by atoms with E-state index in [1.165, 1.54) is 51.4 Å². The maximum Gasteiger partial charge on any atom is 0.232 e. The molecular weight excluding hydrogens is 356 g/mol. The van der Waals surface area contributed by atoms with Gasteiger partial charge in [-0.15, -0.1) is 0 Å². The van der Waals surface area contributed by atoms with Crippen LogP contribution >= 0.6 is 12.2 Å². The average Bonchev–Trinajstić information content (AvgIpc) is 3.35. The predicted octanol–water partition coefficient (Wildman–Crippen LogP) is 3.54. The standard InChI is InChI=1S/C20H32N6S/c1-15-7-6-12-26(14-15)18-13-17(25-10-4-5-11-25)22-19(23-18)24-20(27)21-16-8-2-3-9-16/h13,15-16H,2-12,14H2,1H3,(H2,21,22,23,24,27)/t15-/m0/s1. The lowest BCUT2D eigenvalue weighted by Gasteiger charge is -2.32. The van der Waals surface area contributed by atoms with Crippen molar-refractivity contribution in [2.75, 3.05) is 41.3 Å². The number of thiocarbonyl (C=S) groups is 1. The van der Waals surface area contributed by atoms with Gasteiger partial charge in [0.25, 0.3) is 0 Å². The van der Waals surface area contributed by atoms with E-state index in [-0.39, 0.29) is 0 Å². The molecule has 7 heteroatoms. The van der Waals surface area contributed by atoms with E-state index in [4.69, 9.17) is 22.2 Å². The van der Waals surface area contributed by atoms with E-state index in [1.807, 2.05) is 0 Å². The van der Waals surface area contributed by atoms with Crippen molar-refractivity contribution in [1.29, 1.82) is 0 Å². The maximum atomic E-state index is 5.54. The molecule has 1 aromatic rings. The number of hydrogen-bond donors (Lipinski definition) is 2. The molecule has 3 fully saturated rings. The Morgan fingerprint density at radius 2 is 1.63 bits per heavy atom. The van der Waals surface area contributed by atoms with Crippen LogP contribution < -0.4 is 20.4 Å². The predicted molar refractivity (Wildman–Crippen MR) is 116 cm³/mol. The summed E-state index contributed by atoms with van der Waals surface area (Å²) in [4.78, 5) is 14.4. The summed E-state index contributed by atoms with van der Waals surface area (Å²) >= 11 is 5.54. The monoisotopic (exact) mass is 388 g/mol. The molecular formula is C20H32N6S. The van der Waals surface area contributed by atoms with Crippen molar-refractivity contribution in [3.05, 3.63) is 6.07 Å². The summed E-state index contributed by atoms with van der Waals surface area (Å²) in [5, 5.41) is 7.36. The van der Waals surface area contributed by atoms with Gasteiger partial charge in [0, 0.05) is 38.3 Å².